The molecule has 0 bridgehead atoms. The van der Waals surface area contributed by atoms with Crippen LogP contribution in [0.15, 0.2) is 29.2 Å². The quantitative estimate of drug-likeness (QED) is 0.776. The van der Waals surface area contributed by atoms with E-state index in [9.17, 15) is 13.2 Å². The van der Waals surface area contributed by atoms with Crippen molar-refractivity contribution in [2.75, 3.05) is 25.6 Å². The minimum atomic E-state index is -3.72. The Hall–Kier alpha value is -1.52. The van der Waals surface area contributed by atoms with E-state index in [1.165, 1.54) is 31.2 Å². The summed E-state index contributed by atoms with van der Waals surface area (Å²) in [5, 5.41) is 2.59. The van der Waals surface area contributed by atoms with E-state index in [4.69, 9.17) is 14.2 Å². The van der Waals surface area contributed by atoms with Crippen LogP contribution in [0.2, 0.25) is 0 Å². The fourth-order valence-corrected chi connectivity index (χ4v) is 4.19. The number of hydrogen-bond acceptors (Lipinski definition) is 6. The molecule has 4 unspecified atom stereocenters. The van der Waals surface area contributed by atoms with Crippen molar-refractivity contribution in [2.24, 2.45) is 0 Å². The zero-order valence-electron chi connectivity index (χ0n) is 13.4. The second-order valence-electron chi connectivity index (χ2n) is 5.80. The highest BCUT2D eigenvalue weighted by molar-refractivity contribution is 7.89. The summed E-state index contributed by atoms with van der Waals surface area (Å²) in [5.74, 6) is -0.219. The molecule has 24 heavy (non-hydrogen) atoms. The fourth-order valence-electron chi connectivity index (χ4n) is 2.96. The predicted molar refractivity (Wildman–Crippen MR) is 85.1 cm³/mol. The van der Waals surface area contributed by atoms with Crippen LogP contribution in [-0.4, -0.2) is 59.0 Å². The number of sulfonamides is 1. The molecule has 0 aromatic heterocycles. The SMILES string of the molecule is COC1COC2C(NS(=O)(=O)c3ccc(NC(C)=O)cc3)COC12. The number of amides is 1. The minimum absolute atomic E-state index is 0.112. The van der Waals surface area contributed by atoms with Gasteiger partial charge in [0.15, 0.2) is 0 Å². The van der Waals surface area contributed by atoms with E-state index in [-0.39, 0.29) is 35.7 Å². The summed E-state index contributed by atoms with van der Waals surface area (Å²) in [7, 11) is -2.14. The molecule has 8 nitrogen and oxygen atoms in total. The number of benzene rings is 1. The second kappa shape index (κ2) is 6.77. The molecule has 0 saturated carbocycles. The average molecular weight is 356 g/mol. The molecule has 2 saturated heterocycles. The Morgan fingerprint density at radius 1 is 1.17 bits per heavy atom. The molecule has 9 heteroatoms. The molecule has 1 aromatic carbocycles. The number of methoxy groups -OCH3 is 1. The molecule has 2 fully saturated rings. The van der Waals surface area contributed by atoms with Crippen molar-refractivity contribution in [3.8, 4) is 0 Å². The molecule has 1 aromatic rings. The first kappa shape index (κ1) is 17.3. The number of ether oxygens (including phenoxy) is 3. The largest absolute Gasteiger partial charge is 0.376 e. The molecule has 3 rings (SSSR count). The molecule has 0 radical (unpaired) electrons. The highest BCUT2D eigenvalue weighted by atomic mass is 32.2. The van der Waals surface area contributed by atoms with Gasteiger partial charge >= 0.3 is 0 Å². The molecule has 1 amide bonds. The van der Waals surface area contributed by atoms with E-state index in [0.717, 1.165) is 0 Å². The number of nitrogens with one attached hydrogen (secondary N) is 2. The van der Waals surface area contributed by atoms with Gasteiger partial charge in [-0.1, -0.05) is 0 Å². The van der Waals surface area contributed by atoms with E-state index in [0.29, 0.717) is 12.3 Å². The zero-order chi connectivity index (χ0) is 17.3. The van der Waals surface area contributed by atoms with E-state index >= 15 is 0 Å². The number of carbonyl (C=O) groups excluding carboxylic acids is 1. The summed E-state index contributed by atoms with van der Waals surface area (Å²) in [5.41, 5.74) is 0.535. The van der Waals surface area contributed by atoms with Crippen molar-refractivity contribution < 1.29 is 27.4 Å². The third-order valence-corrected chi connectivity index (χ3v) is 5.61. The van der Waals surface area contributed by atoms with Crippen LogP contribution in [0.1, 0.15) is 6.92 Å². The van der Waals surface area contributed by atoms with Crippen molar-refractivity contribution in [1.29, 1.82) is 0 Å². The van der Waals surface area contributed by atoms with Gasteiger partial charge in [0.2, 0.25) is 15.9 Å². The molecule has 2 aliphatic rings. The van der Waals surface area contributed by atoms with Gasteiger partial charge in [-0.25, -0.2) is 13.1 Å². The number of hydrogen-bond donors (Lipinski definition) is 2. The van der Waals surface area contributed by atoms with Gasteiger partial charge in [0, 0.05) is 19.7 Å². The molecule has 132 valence electrons. The minimum Gasteiger partial charge on any atom is -0.376 e. The smallest absolute Gasteiger partial charge is 0.240 e. The van der Waals surface area contributed by atoms with Crippen LogP contribution in [0.3, 0.4) is 0 Å². The standard InChI is InChI=1S/C15H20N2O6S/c1-9(18)16-10-3-5-11(6-4-10)24(19,20)17-12-7-22-15-13(21-2)8-23-14(12)15/h3-6,12-15,17H,7-8H2,1-2H3,(H,16,18). The van der Waals surface area contributed by atoms with Crippen LogP contribution in [0.4, 0.5) is 5.69 Å². The van der Waals surface area contributed by atoms with Gasteiger partial charge in [-0.05, 0) is 24.3 Å². The lowest BCUT2D eigenvalue weighted by Crippen LogP contribution is -2.44. The highest BCUT2D eigenvalue weighted by Gasteiger charge is 2.49. The van der Waals surface area contributed by atoms with Gasteiger partial charge in [0.05, 0.1) is 24.2 Å². The van der Waals surface area contributed by atoms with Crippen molar-refractivity contribution in [3.05, 3.63) is 24.3 Å². The fraction of sp³-hybridized carbons (Fsp3) is 0.533. The van der Waals surface area contributed by atoms with Gasteiger partial charge in [-0.2, -0.15) is 0 Å². The van der Waals surface area contributed by atoms with Crippen LogP contribution in [0.5, 0.6) is 0 Å². The second-order valence-corrected chi connectivity index (χ2v) is 7.52. The lowest BCUT2D eigenvalue weighted by molar-refractivity contribution is -0.114. The summed E-state index contributed by atoms with van der Waals surface area (Å²) in [6.45, 7) is 2.01. The topological polar surface area (TPSA) is 103 Å². The molecular weight excluding hydrogens is 336 g/mol. The van der Waals surface area contributed by atoms with E-state index in [2.05, 4.69) is 10.0 Å². The molecule has 4 atom stereocenters. The Morgan fingerprint density at radius 3 is 2.46 bits per heavy atom. The van der Waals surface area contributed by atoms with Gasteiger partial charge in [-0.3, -0.25) is 4.79 Å². The van der Waals surface area contributed by atoms with E-state index in [1.807, 2.05) is 0 Å². The average Bonchev–Trinajstić information content (AvgIpc) is 3.10. The highest BCUT2D eigenvalue weighted by Crippen LogP contribution is 2.29. The Bertz CT molecular complexity index is 705. The Balaban J connectivity index is 1.69. The lowest BCUT2D eigenvalue weighted by atomic mass is 10.1. The maximum absolute atomic E-state index is 12.5. The molecule has 0 spiro atoms. The molecule has 2 aliphatic heterocycles. The monoisotopic (exact) mass is 356 g/mol. The van der Waals surface area contributed by atoms with Crippen LogP contribution >= 0.6 is 0 Å². The molecule has 2 N–H and O–H groups in total. The number of fused-ring (bicyclic) bond motifs is 1. The summed E-state index contributed by atoms with van der Waals surface area (Å²) < 4.78 is 44.2. The number of rotatable bonds is 5. The Kier molecular flexibility index (Phi) is 4.88. The number of carbonyl (C=O) groups is 1. The maximum Gasteiger partial charge on any atom is 0.240 e. The number of anilines is 1. The van der Waals surface area contributed by atoms with Crippen molar-refractivity contribution in [2.45, 2.75) is 36.2 Å². The summed E-state index contributed by atoms with van der Waals surface area (Å²) in [6, 6.07) is 5.49. The predicted octanol–water partition coefficient (Wildman–Crippen LogP) is 0.105. The summed E-state index contributed by atoms with van der Waals surface area (Å²) in [4.78, 5) is 11.1. The van der Waals surface area contributed by atoms with Crippen LogP contribution in [-0.2, 0) is 29.0 Å². The van der Waals surface area contributed by atoms with Gasteiger partial charge in [-0.15, -0.1) is 0 Å². The first-order valence-electron chi connectivity index (χ1n) is 7.56. The molecule has 2 heterocycles. The van der Waals surface area contributed by atoms with E-state index < -0.39 is 16.1 Å². The van der Waals surface area contributed by atoms with Crippen molar-refractivity contribution in [1.82, 2.24) is 4.72 Å². The first-order valence-corrected chi connectivity index (χ1v) is 9.05. The molecular formula is C15H20N2O6S. The summed E-state index contributed by atoms with van der Waals surface area (Å²) in [6.07, 6.45) is -0.797. The van der Waals surface area contributed by atoms with Crippen molar-refractivity contribution in [3.63, 3.8) is 0 Å². The zero-order valence-corrected chi connectivity index (χ0v) is 14.2. The van der Waals surface area contributed by atoms with Gasteiger partial charge in [0.1, 0.15) is 18.3 Å². The third-order valence-electron chi connectivity index (χ3n) is 4.10. The normalized spacial score (nSPS) is 29.4. The third kappa shape index (κ3) is 3.45. The molecule has 0 aliphatic carbocycles. The van der Waals surface area contributed by atoms with Crippen LogP contribution in [0.25, 0.3) is 0 Å². The van der Waals surface area contributed by atoms with Crippen LogP contribution < -0.4 is 10.0 Å². The summed E-state index contributed by atoms with van der Waals surface area (Å²) >= 11 is 0. The van der Waals surface area contributed by atoms with Gasteiger partial charge in [0.25, 0.3) is 0 Å². The van der Waals surface area contributed by atoms with Crippen LogP contribution in [0, 0.1) is 0 Å². The first-order chi connectivity index (χ1) is 11.4. The van der Waals surface area contributed by atoms with E-state index in [1.54, 1.807) is 7.11 Å². The Labute approximate surface area is 140 Å². The lowest BCUT2D eigenvalue weighted by Gasteiger charge is -2.17. The van der Waals surface area contributed by atoms with Crippen molar-refractivity contribution >= 4 is 21.6 Å². The van der Waals surface area contributed by atoms with Gasteiger partial charge < -0.3 is 19.5 Å². The Morgan fingerprint density at radius 2 is 1.83 bits per heavy atom. The maximum atomic E-state index is 12.5.